The zero-order chi connectivity index (χ0) is 75.1. The van der Waals surface area contributed by atoms with Crippen molar-refractivity contribution in [1.82, 2.24) is 5.11 Å². The molecule has 4 aliphatic heterocycles. The molecule has 0 saturated heterocycles. The van der Waals surface area contributed by atoms with Gasteiger partial charge in [0.05, 0.1) is 0 Å². The number of aliphatic imine (C=N–C) groups is 4. The second-order valence-corrected chi connectivity index (χ2v) is 36.1. The van der Waals surface area contributed by atoms with E-state index in [0.717, 1.165) is 3.32 Å². The number of fused-ring (bicyclic) bond motifs is 14. The third-order valence-electron chi connectivity index (χ3n) is 18.4. The van der Waals surface area contributed by atoms with Gasteiger partial charge < -0.3 is 0 Å². The van der Waals surface area contributed by atoms with Crippen molar-refractivity contribution in [2.24, 2.45) is 30.0 Å². The van der Waals surface area contributed by atoms with Gasteiger partial charge in [0, 0.05) is 0 Å². The Labute approximate surface area is 680 Å². The molecule has 0 radical (unpaired) electrons. The van der Waals surface area contributed by atoms with Crippen molar-refractivity contribution in [2.45, 2.75) is 0 Å². The molecule has 0 fully saturated rings. The Morgan fingerprint density at radius 2 is 0.432 bits per heavy atom. The zero-order valence-corrected chi connectivity index (χ0v) is 66.3. The van der Waals surface area contributed by atoms with Crippen LogP contribution in [0.25, 0.3) is 21.5 Å². The molecule has 111 heavy (non-hydrogen) atoms. The summed E-state index contributed by atoms with van der Waals surface area (Å²) in [6.07, 6.45) is 0. The fourth-order valence-corrected chi connectivity index (χ4v) is 23.1. The van der Waals surface area contributed by atoms with E-state index >= 15 is 0 Å². The fourth-order valence-electron chi connectivity index (χ4n) is 13.3. The average Bonchev–Trinajstić information content (AvgIpc) is 1.54. The number of hydrogen-bond acceptors (Lipinski definition) is 14. The van der Waals surface area contributed by atoms with Gasteiger partial charge in [-0.15, -0.1) is 0 Å². The van der Waals surface area contributed by atoms with Crippen molar-refractivity contribution in [3.05, 3.63) is 346 Å². The second-order valence-electron chi connectivity index (χ2n) is 25.6. The first-order chi connectivity index (χ1) is 54.1. The van der Waals surface area contributed by atoms with E-state index in [1.165, 1.54) is 0 Å². The number of benzene rings is 13. The first-order valence-corrected chi connectivity index (χ1v) is 41.9. The molecule has 0 unspecified atom stereocenters. The summed E-state index contributed by atoms with van der Waals surface area (Å²) in [5, 5.41) is 6.33. The van der Waals surface area contributed by atoms with Gasteiger partial charge in [-0.3, -0.25) is 0 Å². The summed E-state index contributed by atoms with van der Waals surface area (Å²) in [5.74, 6) is 7.85. The molecule has 19 rings (SSSR count). The Bertz CT molecular complexity index is 6200. The van der Waals surface area contributed by atoms with Gasteiger partial charge in [-0.1, -0.05) is 46.4 Å². The van der Waals surface area contributed by atoms with Gasteiger partial charge in [0.2, 0.25) is 0 Å². The zero-order valence-electron chi connectivity index (χ0n) is 56.9. The molecule has 13 aromatic carbocycles. The monoisotopic (exact) mass is 1710 g/mol. The van der Waals surface area contributed by atoms with Crippen molar-refractivity contribution >= 4 is 175 Å². The molecular weight excluding hydrogens is 1670 g/mol. The van der Waals surface area contributed by atoms with Crippen LogP contribution in [0.3, 0.4) is 0 Å². The minimum absolute atomic E-state index is 0.248. The van der Waals surface area contributed by atoms with Crippen molar-refractivity contribution in [3.8, 4) is 92.0 Å². The number of amidine groups is 4. The van der Waals surface area contributed by atoms with Crippen LogP contribution in [0.4, 0.5) is 11.6 Å². The molecule has 6 bridgehead atoms. The van der Waals surface area contributed by atoms with E-state index in [0.29, 0.717) is 199 Å². The molecule has 0 aliphatic carbocycles. The standard InChI is InChI=1S/C80H40Cl8N8O8.C6H5.In/c81-41-1-17-49(18-2-41)97-65-33-57-58(34-66(65)98-50-19-3-42(82)4-20-50)74-89-73(57)93-75-59-35-67(99-51-21-5-43(83)6-22-51)68(100-52-23-7-44(84)8-24-52)36-60(59)77(90-75)95-79-63-39-71(103-55-29-13-47(87)14-30-55)72(104-56-31-15-48(88)16-32-56)40-64(63)80(92-79)96-78-62-38-70(102-54-27-11-46(86)12-28-54)69(37-61(62)76(91-78)94-74)101-53-25-9-45(85)10-26-53;1-2-4-6-5-3-1;/h1-40H;1-5H;/q-2;;+2. The van der Waals surface area contributed by atoms with Gasteiger partial charge in [0.25, 0.3) is 0 Å². The number of halogens is 8. The molecule has 16 nitrogen and oxygen atoms in total. The van der Waals surface area contributed by atoms with Gasteiger partial charge >= 0.3 is 640 Å². The summed E-state index contributed by atoms with van der Waals surface area (Å²) >= 11 is 47.4. The second kappa shape index (κ2) is 29.2. The van der Waals surface area contributed by atoms with Crippen LogP contribution in [0.5, 0.6) is 92.0 Å². The summed E-state index contributed by atoms with van der Waals surface area (Å²) in [4.78, 5) is 34.7. The van der Waals surface area contributed by atoms with Crippen LogP contribution in [-0.4, -0.2) is 50.5 Å². The Morgan fingerprint density at radius 3 is 0.676 bits per heavy atom. The molecule has 536 valence electrons. The number of hydrogen-bond donors (Lipinski definition) is 0. The van der Waals surface area contributed by atoms with E-state index < -0.39 is 22.0 Å². The predicted octanol–water partition coefficient (Wildman–Crippen LogP) is 24.9. The molecule has 4 aliphatic rings. The van der Waals surface area contributed by atoms with Gasteiger partial charge in [-0.25, -0.2) is 0 Å². The van der Waals surface area contributed by atoms with Gasteiger partial charge in [0.1, 0.15) is 0 Å². The Kier molecular flexibility index (Phi) is 18.5. The Morgan fingerprint density at radius 1 is 0.216 bits per heavy atom. The van der Waals surface area contributed by atoms with E-state index in [1.54, 1.807) is 194 Å². The average molecular weight is 1720 g/mol. The molecule has 0 atom stereocenters. The Balaban J connectivity index is 0.978. The number of nitrogens with zero attached hydrogens (tertiary/aromatic N) is 8. The van der Waals surface area contributed by atoms with Crippen molar-refractivity contribution in [3.63, 3.8) is 0 Å². The van der Waals surface area contributed by atoms with Gasteiger partial charge in [0.15, 0.2) is 0 Å². The van der Waals surface area contributed by atoms with Crippen LogP contribution in [0.1, 0.15) is 22.3 Å². The number of aromatic nitrogens is 2. The molecule has 0 spiro atoms. The van der Waals surface area contributed by atoms with Crippen molar-refractivity contribution in [1.29, 1.82) is 0 Å². The Hall–Kier alpha value is -11.2. The van der Waals surface area contributed by atoms with Crippen LogP contribution in [0, 0.1) is 0 Å². The third kappa shape index (κ3) is 14.0. The number of rotatable bonds is 17. The van der Waals surface area contributed by atoms with Gasteiger partial charge in [-0.05, 0) is 0 Å². The fraction of sp³-hybridized carbons (Fsp3) is 0. The summed E-state index contributed by atoms with van der Waals surface area (Å²) in [5.41, 5.74) is 2.92. The molecule has 25 heteroatoms. The summed E-state index contributed by atoms with van der Waals surface area (Å²) in [7, 11) is 0. The molecule has 15 aromatic rings. The van der Waals surface area contributed by atoms with Crippen LogP contribution < -0.4 is 52.2 Å². The predicted molar refractivity (Wildman–Crippen MR) is 439 cm³/mol. The molecule has 0 amide bonds. The number of ether oxygens (including phenoxy) is 8. The van der Waals surface area contributed by atoms with Crippen LogP contribution in [0.15, 0.2) is 303 Å². The van der Waals surface area contributed by atoms with Crippen molar-refractivity contribution < 1.29 is 37.9 Å². The van der Waals surface area contributed by atoms with Crippen molar-refractivity contribution in [2.75, 3.05) is 0 Å². The van der Waals surface area contributed by atoms with Crippen LogP contribution in [0.2, 0.25) is 40.2 Å². The first kappa shape index (κ1) is 70.2. The maximum atomic E-state index is 7.00. The van der Waals surface area contributed by atoms with E-state index in [4.69, 9.17) is 161 Å². The molecule has 6 heterocycles. The maximum absolute atomic E-state index is 7.00. The van der Waals surface area contributed by atoms with Crippen LogP contribution in [-0.2, 0) is 0 Å². The van der Waals surface area contributed by atoms with E-state index in [1.807, 2.05) is 66.7 Å². The van der Waals surface area contributed by atoms with Gasteiger partial charge in [-0.2, -0.15) is 0 Å². The first-order valence-electron chi connectivity index (χ1n) is 34.3. The minimum atomic E-state index is -4.81. The summed E-state index contributed by atoms with van der Waals surface area (Å²) in [6, 6.07) is 81.6. The SMILES string of the molecule is Clc1ccc(Oc2cc3c(cc2Oc2ccc(Cl)cc2)C2=Nc4c5cc(Oc6ccc(Cl)cc6)c(Oc6ccc(Cl)cc6)cc5c5[n]4[In]([c]4ccccc4)[n]4c(c6cc(Oc7ccc(Cl)cc7)c(Oc7ccc(Cl)cc7)cc6c4=NC4=NC(=N5)c5cc(Oc6ccc(Cl)cc6)c(Oc6ccc(Cl)cc6)cc54)=NC3=N2)cc1. The summed E-state index contributed by atoms with van der Waals surface area (Å²) < 4.78 is 60.9. The van der Waals surface area contributed by atoms with E-state index in [-0.39, 0.29) is 23.3 Å². The topological polar surface area (TPSA) is 158 Å². The normalized spacial score (nSPS) is 12.8. The van der Waals surface area contributed by atoms with Crippen LogP contribution >= 0.6 is 92.8 Å². The molecule has 0 saturated carbocycles. The molecule has 0 N–H and O–H groups in total. The van der Waals surface area contributed by atoms with E-state index in [2.05, 4.69) is 17.2 Å². The van der Waals surface area contributed by atoms with E-state index in [9.17, 15) is 0 Å². The molecular formula is C86H45Cl8InN8O8. The summed E-state index contributed by atoms with van der Waals surface area (Å²) in [6.45, 7) is 0. The quantitative estimate of drug-likeness (QED) is 0.0871. The third-order valence-corrected chi connectivity index (χ3v) is 28.8. The molecule has 2 aromatic heterocycles.